The summed E-state index contributed by atoms with van der Waals surface area (Å²) in [5.74, 6) is -6.29. The number of anilines is 1. The van der Waals surface area contributed by atoms with Crippen LogP contribution >= 0.6 is 0 Å². The first kappa shape index (κ1) is 38.6. The third-order valence-electron chi connectivity index (χ3n) is 9.78. The van der Waals surface area contributed by atoms with Gasteiger partial charge in [-0.15, -0.1) is 0 Å². The molecule has 18 nitrogen and oxygen atoms in total. The van der Waals surface area contributed by atoms with Crippen LogP contribution in [-0.2, 0) is 32.0 Å². The first-order chi connectivity index (χ1) is 29.1. The monoisotopic (exact) mass is 807 g/mol. The topological polar surface area (TPSA) is 271 Å². The molecule has 0 saturated heterocycles. The molecular formula is C42H33N9O9. The lowest BCUT2D eigenvalue weighted by molar-refractivity contribution is -0.137. The van der Waals surface area contributed by atoms with Gasteiger partial charge in [-0.3, -0.25) is 38.7 Å². The maximum atomic E-state index is 13.9. The Hall–Kier alpha value is -8.28. The molecule has 0 saturated carbocycles. The Bertz CT molecular complexity index is 2870. The number of nitrogens with two attached hydrogens (primary N) is 1. The quantitative estimate of drug-likeness (QED) is 0.0917. The predicted molar refractivity (Wildman–Crippen MR) is 214 cm³/mol. The summed E-state index contributed by atoms with van der Waals surface area (Å²) in [5, 5.41) is 16.5. The molecule has 2 aromatic carbocycles. The number of benzene rings is 2. The number of H-pyrrole nitrogens is 1. The summed E-state index contributed by atoms with van der Waals surface area (Å²) in [5.41, 5.74) is 9.21. The van der Waals surface area contributed by atoms with Crippen LogP contribution in [-0.4, -0.2) is 73.8 Å². The summed E-state index contributed by atoms with van der Waals surface area (Å²) in [6.45, 7) is 0. The molecule has 6 heterocycles. The fourth-order valence-corrected chi connectivity index (χ4v) is 6.84. The van der Waals surface area contributed by atoms with E-state index >= 15 is 0 Å². The van der Waals surface area contributed by atoms with E-state index in [2.05, 4.69) is 41.2 Å². The Kier molecular flexibility index (Phi) is 10.7. The van der Waals surface area contributed by atoms with Crippen molar-refractivity contribution in [2.75, 3.05) is 5.32 Å². The number of allylic oxidation sites excluding steroid dienone is 1. The van der Waals surface area contributed by atoms with Gasteiger partial charge < -0.3 is 40.1 Å². The number of carbonyl (C=O) groups excluding carboxylic acids is 6. The van der Waals surface area contributed by atoms with Crippen LogP contribution in [0.15, 0.2) is 116 Å². The SMILES string of the molecule is NC(=O)C(=O)C(Cc1c[nH]c2cc(NC(=O)C(=O)C(Cc3coc4ccccc34)NC(=O)c3oncc3C3=CCCC=N3)ccc12)NC(=O)c1oncc1-c1ccccn1. The van der Waals surface area contributed by atoms with Gasteiger partial charge in [0.15, 0.2) is 0 Å². The second-order valence-electron chi connectivity index (χ2n) is 13.7. The van der Waals surface area contributed by atoms with Gasteiger partial charge in [0.25, 0.3) is 23.6 Å². The Labute approximate surface area is 338 Å². The molecule has 1 aliphatic rings. The Morgan fingerprint density at radius 3 is 2.23 bits per heavy atom. The number of ketones is 2. The largest absolute Gasteiger partial charge is 0.464 e. The van der Waals surface area contributed by atoms with Crippen LogP contribution in [0, 0.1) is 0 Å². The molecule has 0 bridgehead atoms. The zero-order valence-corrected chi connectivity index (χ0v) is 31.3. The van der Waals surface area contributed by atoms with Gasteiger partial charge in [0, 0.05) is 59.0 Å². The van der Waals surface area contributed by atoms with E-state index in [9.17, 15) is 28.8 Å². The summed E-state index contributed by atoms with van der Waals surface area (Å²) >= 11 is 0. The van der Waals surface area contributed by atoms with Crippen molar-refractivity contribution in [3.05, 3.63) is 126 Å². The van der Waals surface area contributed by atoms with Gasteiger partial charge in [-0.05, 0) is 48.7 Å². The van der Waals surface area contributed by atoms with E-state index in [0.717, 1.165) is 6.42 Å². The molecule has 0 aliphatic carbocycles. The van der Waals surface area contributed by atoms with Crippen molar-refractivity contribution in [3.63, 3.8) is 0 Å². The van der Waals surface area contributed by atoms with Crippen molar-refractivity contribution >= 4 is 74.7 Å². The zero-order valence-electron chi connectivity index (χ0n) is 31.3. The van der Waals surface area contributed by atoms with Crippen molar-refractivity contribution in [2.45, 2.75) is 37.8 Å². The number of primary amides is 1. The molecule has 8 rings (SSSR count). The van der Waals surface area contributed by atoms with Gasteiger partial charge in [0.1, 0.15) is 17.7 Å². The number of hydrogen-bond donors (Lipinski definition) is 5. The van der Waals surface area contributed by atoms with Crippen molar-refractivity contribution in [1.82, 2.24) is 30.9 Å². The van der Waals surface area contributed by atoms with Crippen molar-refractivity contribution < 1.29 is 42.2 Å². The molecule has 1 aliphatic heterocycles. The number of aromatic nitrogens is 4. The summed E-state index contributed by atoms with van der Waals surface area (Å²) in [6.07, 6.45) is 12.0. The average molecular weight is 808 g/mol. The first-order valence-corrected chi connectivity index (χ1v) is 18.5. The molecule has 0 radical (unpaired) electrons. The summed E-state index contributed by atoms with van der Waals surface area (Å²) in [6, 6.07) is 14.1. The Morgan fingerprint density at radius 2 is 1.50 bits per heavy atom. The number of nitrogens with zero attached hydrogens (tertiary/aromatic N) is 4. The lowest BCUT2D eigenvalue weighted by atomic mass is 10.00. The molecule has 4 amide bonds. The number of rotatable bonds is 15. The molecule has 7 aromatic rings. The van der Waals surface area contributed by atoms with Crippen LogP contribution < -0.4 is 21.7 Å². The number of aromatic amines is 1. The molecule has 0 spiro atoms. The molecule has 5 aromatic heterocycles. The molecule has 300 valence electrons. The van der Waals surface area contributed by atoms with Gasteiger partial charge >= 0.3 is 0 Å². The number of Topliss-reactive ketones (excluding diaryl/α,β-unsaturated/α-hetero) is 2. The van der Waals surface area contributed by atoms with Crippen molar-refractivity contribution in [3.8, 4) is 11.3 Å². The molecule has 6 N–H and O–H groups in total. The van der Waals surface area contributed by atoms with Crippen LogP contribution in [0.5, 0.6) is 0 Å². The van der Waals surface area contributed by atoms with E-state index in [-0.39, 0.29) is 35.6 Å². The van der Waals surface area contributed by atoms with Crippen LogP contribution in [0.3, 0.4) is 0 Å². The Morgan fingerprint density at radius 1 is 0.783 bits per heavy atom. The summed E-state index contributed by atoms with van der Waals surface area (Å²) < 4.78 is 16.1. The predicted octanol–water partition coefficient (Wildman–Crippen LogP) is 4.10. The summed E-state index contributed by atoms with van der Waals surface area (Å²) in [7, 11) is 0. The van der Waals surface area contributed by atoms with Crippen LogP contribution in [0.4, 0.5) is 5.69 Å². The normalized spacial score (nSPS) is 13.4. The number of para-hydroxylation sites is 1. The minimum atomic E-state index is -1.40. The van der Waals surface area contributed by atoms with Gasteiger partial charge in [0.2, 0.25) is 23.1 Å². The maximum Gasteiger partial charge on any atom is 0.293 e. The smallest absolute Gasteiger partial charge is 0.293 e. The van der Waals surface area contributed by atoms with E-state index in [1.54, 1.807) is 67.0 Å². The number of amides is 4. The maximum absolute atomic E-state index is 13.9. The zero-order chi connectivity index (χ0) is 41.8. The summed E-state index contributed by atoms with van der Waals surface area (Å²) in [4.78, 5) is 91.1. The number of hydrogen-bond acceptors (Lipinski definition) is 13. The number of fused-ring (bicyclic) bond motifs is 2. The van der Waals surface area contributed by atoms with E-state index in [1.807, 2.05) is 6.08 Å². The fourth-order valence-electron chi connectivity index (χ4n) is 6.84. The standard InChI is InChI=1S/C42H33N9O9/c43-39(54)35(52)32(50-41(56)37-27(19-47-59-37)29-8-3-5-13-44-29)15-22-18-46-31-17-24(11-12-25(22)31)49-40(55)36(53)33(16-23-21-58-34-10-2-1-7-26(23)34)51-42(57)38-28(20-48-60-38)30-9-4-6-14-45-30/h1-3,5,7-14,17-21,32-33,46H,4,6,15-16H2,(H2,43,54)(H,49,55)(H,50,56)(H,51,57). The van der Waals surface area contributed by atoms with Gasteiger partial charge in [0.05, 0.1) is 41.2 Å². The number of furan rings is 1. The lowest BCUT2D eigenvalue weighted by Crippen LogP contribution is -2.47. The van der Waals surface area contributed by atoms with Gasteiger partial charge in [-0.2, -0.15) is 0 Å². The highest BCUT2D eigenvalue weighted by Gasteiger charge is 2.32. The highest BCUT2D eigenvalue weighted by atomic mass is 16.5. The highest BCUT2D eigenvalue weighted by molar-refractivity contribution is 6.43. The number of nitrogens with one attached hydrogen (secondary N) is 4. The number of aliphatic imine (C=N–C) groups is 1. The molecule has 18 heteroatoms. The molecule has 0 fully saturated rings. The minimum absolute atomic E-state index is 0.0963. The van der Waals surface area contributed by atoms with E-state index in [0.29, 0.717) is 56.4 Å². The number of carbonyl (C=O) groups is 6. The third-order valence-corrected chi connectivity index (χ3v) is 9.78. The fraction of sp³-hybridized carbons (Fsp3) is 0.143. The molecule has 2 unspecified atom stereocenters. The highest BCUT2D eigenvalue weighted by Crippen LogP contribution is 2.27. The van der Waals surface area contributed by atoms with Crippen molar-refractivity contribution in [2.24, 2.45) is 10.7 Å². The van der Waals surface area contributed by atoms with E-state index < -0.39 is 47.3 Å². The molecule has 60 heavy (non-hydrogen) atoms. The van der Waals surface area contributed by atoms with Crippen LogP contribution in [0.2, 0.25) is 0 Å². The molecular weight excluding hydrogens is 775 g/mol. The second kappa shape index (κ2) is 16.7. The van der Waals surface area contributed by atoms with Crippen LogP contribution in [0.25, 0.3) is 38.8 Å². The van der Waals surface area contributed by atoms with E-state index in [1.165, 1.54) is 30.9 Å². The van der Waals surface area contributed by atoms with Gasteiger partial charge in [-0.25, -0.2) is 0 Å². The average Bonchev–Trinajstić information content (AvgIpc) is 4.10. The second-order valence-corrected chi connectivity index (χ2v) is 13.7. The van der Waals surface area contributed by atoms with E-state index in [4.69, 9.17) is 19.2 Å². The Balaban J connectivity index is 0.999. The van der Waals surface area contributed by atoms with Gasteiger partial charge in [-0.1, -0.05) is 46.7 Å². The third kappa shape index (κ3) is 7.97. The first-order valence-electron chi connectivity index (χ1n) is 18.5. The lowest BCUT2D eigenvalue weighted by Gasteiger charge is -2.17. The van der Waals surface area contributed by atoms with Crippen molar-refractivity contribution in [1.29, 1.82) is 0 Å². The van der Waals surface area contributed by atoms with Crippen LogP contribution in [0.1, 0.15) is 50.6 Å². The minimum Gasteiger partial charge on any atom is -0.464 e. The molecule has 2 atom stereocenters. The number of pyridine rings is 1.